The number of rotatable bonds is 5. The summed E-state index contributed by atoms with van der Waals surface area (Å²) < 4.78 is 5.81. The first kappa shape index (κ1) is 17.8. The van der Waals surface area contributed by atoms with Gasteiger partial charge in [0.15, 0.2) is 0 Å². The predicted molar refractivity (Wildman–Crippen MR) is 99.9 cm³/mol. The second kappa shape index (κ2) is 7.46. The van der Waals surface area contributed by atoms with E-state index in [0.29, 0.717) is 36.0 Å². The van der Waals surface area contributed by atoms with Crippen molar-refractivity contribution >= 4 is 17.5 Å². The van der Waals surface area contributed by atoms with Gasteiger partial charge in [0, 0.05) is 23.7 Å². The Morgan fingerprint density at radius 3 is 2.80 bits per heavy atom. The number of hydrogen-bond acceptors (Lipinski definition) is 3. The fourth-order valence-corrected chi connectivity index (χ4v) is 3.27. The van der Waals surface area contributed by atoms with Crippen LogP contribution in [0.25, 0.3) is 0 Å². The standard InChI is InChI=1S/C20H23ClN2O2/c1-20(13-22)8-9-23(14-20)19(24)16-5-3-7-18(11-16)25-12-15-4-2-6-17(21)10-15/h2-7,10-11H,8-9,12-14,22H2,1H3. The Hall–Kier alpha value is -2.04. The van der Waals surface area contributed by atoms with Crippen LogP contribution >= 0.6 is 11.6 Å². The molecule has 0 spiro atoms. The molecule has 1 aliphatic heterocycles. The number of halogens is 1. The van der Waals surface area contributed by atoms with Gasteiger partial charge in [-0.25, -0.2) is 0 Å². The molecule has 1 unspecified atom stereocenters. The Labute approximate surface area is 153 Å². The first-order chi connectivity index (χ1) is 12.0. The molecular weight excluding hydrogens is 336 g/mol. The maximum absolute atomic E-state index is 12.7. The summed E-state index contributed by atoms with van der Waals surface area (Å²) in [7, 11) is 0. The Kier molecular flexibility index (Phi) is 5.30. The first-order valence-electron chi connectivity index (χ1n) is 8.46. The minimum Gasteiger partial charge on any atom is -0.489 e. The lowest BCUT2D eigenvalue weighted by molar-refractivity contribution is 0.0776. The minimum atomic E-state index is 0.0242. The zero-order valence-electron chi connectivity index (χ0n) is 14.4. The Balaban J connectivity index is 1.66. The first-order valence-corrected chi connectivity index (χ1v) is 8.84. The van der Waals surface area contributed by atoms with Crippen molar-refractivity contribution in [2.24, 2.45) is 11.1 Å². The Morgan fingerprint density at radius 1 is 1.28 bits per heavy atom. The van der Waals surface area contributed by atoms with Crippen molar-refractivity contribution in [1.29, 1.82) is 0 Å². The van der Waals surface area contributed by atoms with E-state index in [-0.39, 0.29) is 11.3 Å². The fraction of sp³-hybridized carbons (Fsp3) is 0.350. The summed E-state index contributed by atoms with van der Waals surface area (Å²) in [6, 6.07) is 14.9. The number of benzene rings is 2. The summed E-state index contributed by atoms with van der Waals surface area (Å²) in [6.45, 7) is 4.59. The number of hydrogen-bond donors (Lipinski definition) is 1. The zero-order valence-corrected chi connectivity index (χ0v) is 15.1. The Bertz CT molecular complexity index is 765. The SMILES string of the molecule is CC1(CN)CCN(C(=O)c2cccc(OCc3cccc(Cl)c3)c2)C1. The molecule has 0 radical (unpaired) electrons. The van der Waals surface area contributed by atoms with Gasteiger partial charge in [0.1, 0.15) is 12.4 Å². The molecule has 2 aromatic carbocycles. The van der Waals surface area contributed by atoms with Crippen molar-refractivity contribution in [3.8, 4) is 5.75 Å². The summed E-state index contributed by atoms with van der Waals surface area (Å²) in [6.07, 6.45) is 0.945. The molecule has 132 valence electrons. The molecule has 3 rings (SSSR count). The van der Waals surface area contributed by atoms with Crippen LogP contribution < -0.4 is 10.5 Å². The molecule has 0 bridgehead atoms. The van der Waals surface area contributed by atoms with Crippen LogP contribution in [-0.2, 0) is 6.61 Å². The number of nitrogens with two attached hydrogens (primary N) is 1. The maximum Gasteiger partial charge on any atom is 0.254 e. The van der Waals surface area contributed by atoms with E-state index in [0.717, 1.165) is 18.5 Å². The van der Waals surface area contributed by atoms with E-state index in [4.69, 9.17) is 22.1 Å². The summed E-state index contributed by atoms with van der Waals surface area (Å²) >= 11 is 5.99. The molecule has 0 aliphatic carbocycles. The van der Waals surface area contributed by atoms with Gasteiger partial charge in [-0.1, -0.05) is 36.7 Å². The van der Waals surface area contributed by atoms with Gasteiger partial charge < -0.3 is 15.4 Å². The number of likely N-dealkylation sites (tertiary alicyclic amines) is 1. The van der Waals surface area contributed by atoms with Crippen LogP contribution in [0.3, 0.4) is 0 Å². The van der Waals surface area contributed by atoms with Crippen molar-refractivity contribution in [1.82, 2.24) is 4.90 Å². The lowest BCUT2D eigenvalue weighted by Crippen LogP contribution is -2.34. The maximum atomic E-state index is 12.7. The lowest BCUT2D eigenvalue weighted by atomic mass is 9.90. The second-order valence-corrected chi connectivity index (χ2v) is 7.37. The molecule has 2 N–H and O–H groups in total. The molecule has 25 heavy (non-hydrogen) atoms. The monoisotopic (exact) mass is 358 g/mol. The van der Waals surface area contributed by atoms with Crippen molar-refractivity contribution in [3.63, 3.8) is 0 Å². The van der Waals surface area contributed by atoms with E-state index in [1.165, 1.54) is 0 Å². The number of carbonyl (C=O) groups is 1. The molecular formula is C20H23ClN2O2. The van der Waals surface area contributed by atoms with Crippen LogP contribution in [0.1, 0.15) is 29.3 Å². The fourth-order valence-electron chi connectivity index (χ4n) is 3.06. The van der Waals surface area contributed by atoms with Gasteiger partial charge in [-0.05, 0) is 54.3 Å². The number of amides is 1. The second-order valence-electron chi connectivity index (χ2n) is 6.94. The van der Waals surface area contributed by atoms with E-state index in [1.807, 2.05) is 47.4 Å². The lowest BCUT2D eigenvalue weighted by Gasteiger charge is -2.22. The largest absolute Gasteiger partial charge is 0.489 e. The zero-order chi connectivity index (χ0) is 17.9. The van der Waals surface area contributed by atoms with Gasteiger partial charge in [0.25, 0.3) is 5.91 Å². The Morgan fingerprint density at radius 2 is 2.08 bits per heavy atom. The molecule has 4 nitrogen and oxygen atoms in total. The van der Waals surface area contributed by atoms with Gasteiger partial charge in [0.05, 0.1) is 0 Å². The van der Waals surface area contributed by atoms with E-state index in [2.05, 4.69) is 6.92 Å². The highest BCUT2D eigenvalue weighted by Crippen LogP contribution is 2.30. The van der Waals surface area contributed by atoms with Crippen molar-refractivity contribution < 1.29 is 9.53 Å². The summed E-state index contributed by atoms with van der Waals surface area (Å²) in [5, 5.41) is 0.682. The van der Waals surface area contributed by atoms with Crippen molar-refractivity contribution in [3.05, 3.63) is 64.7 Å². The normalized spacial score (nSPS) is 19.9. The predicted octanol–water partition coefficient (Wildman–Crippen LogP) is 3.73. The van der Waals surface area contributed by atoms with Crippen molar-refractivity contribution in [2.45, 2.75) is 20.0 Å². The smallest absolute Gasteiger partial charge is 0.254 e. The molecule has 1 amide bonds. The molecule has 1 atom stereocenters. The van der Waals surface area contributed by atoms with Crippen LogP contribution in [0.15, 0.2) is 48.5 Å². The van der Waals surface area contributed by atoms with Crippen LogP contribution in [0.2, 0.25) is 5.02 Å². The van der Waals surface area contributed by atoms with Crippen LogP contribution in [-0.4, -0.2) is 30.4 Å². The summed E-state index contributed by atoms with van der Waals surface area (Å²) in [5.41, 5.74) is 7.49. The number of carbonyl (C=O) groups excluding carboxylic acids is 1. The molecule has 1 heterocycles. The third-order valence-electron chi connectivity index (χ3n) is 4.71. The van der Waals surface area contributed by atoms with Crippen molar-refractivity contribution in [2.75, 3.05) is 19.6 Å². The third kappa shape index (κ3) is 4.33. The number of nitrogens with zero attached hydrogens (tertiary/aromatic N) is 1. The van der Waals surface area contributed by atoms with Gasteiger partial charge >= 0.3 is 0 Å². The minimum absolute atomic E-state index is 0.0242. The number of ether oxygens (including phenoxy) is 1. The molecule has 1 fully saturated rings. The highest BCUT2D eigenvalue weighted by Gasteiger charge is 2.35. The van der Waals surface area contributed by atoms with Gasteiger partial charge in [-0.3, -0.25) is 4.79 Å². The topological polar surface area (TPSA) is 55.6 Å². The van der Waals surface area contributed by atoms with Crippen LogP contribution in [0, 0.1) is 5.41 Å². The van der Waals surface area contributed by atoms with Gasteiger partial charge in [0.2, 0.25) is 0 Å². The molecule has 1 saturated heterocycles. The summed E-state index contributed by atoms with van der Waals surface area (Å²) in [4.78, 5) is 14.6. The highest BCUT2D eigenvalue weighted by atomic mass is 35.5. The average molecular weight is 359 g/mol. The van der Waals surface area contributed by atoms with E-state index in [1.54, 1.807) is 6.07 Å². The summed E-state index contributed by atoms with van der Waals surface area (Å²) in [5.74, 6) is 0.706. The molecule has 1 aliphatic rings. The molecule has 0 saturated carbocycles. The van der Waals surface area contributed by atoms with Gasteiger partial charge in [-0.15, -0.1) is 0 Å². The van der Waals surface area contributed by atoms with E-state index < -0.39 is 0 Å². The average Bonchev–Trinajstić information content (AvgIpc) is 3.03. The third-order valence-corrected chi connectivity index (χ3v) is 4.95. The highest BCUT2D eigenvalue weighted by molar-refractivity contribution is 6.30. The molecule has 2 aromatic rings. The molecule has 0 aromatic heterocycles. The van der Waals surface area contributed by atoms with E-state index in [9.17, 15) is 4.79 Å². The molecule has 5 heteroatoms. The van der Waals surface area contributed by atoms with Crippen LogP contribution in [0.5, 0.6) is 5.75 Å². The van der Waals surface area contributed by atoms with E-state index >= 15 is 0 Å². The van der Waals surface area contributed by atoms with Gasteiger partial charge in [-0.2, -0.15) is 0 Å². The van der Waals surface area contributed by atoms with Crippen LogP contribution in [0.4, 0.5) is 0 Å². The quantitative estimate of drug-likeness (QED) is 0.886.